The van der Waals surface area contributed by atoms with Crippen molar-refractivity contribution in [2.75, 3.05) is 18.4 Å². The fraction of sp³-hybridized carbons (Fsp3) is 0.182. The molecule has 1 aliphatic heterocycles. The number of aromatic nitrogens is 1. The molecule has 1 aliphatic rings. The number of anilines is 1. The van der Waals surface area contributed by atoms with Crippen LogP contribution in [0.4, 0.5) is 5.69 Å². The van der Waals surface area contributed by atoms with E-state index in [1.807, 2.05) is 54.6 Å². The summed E-state index contributed by atoms with van der Waals surface area (Å²) in [7, 11) is 0. The molecule has 2 N–H and O–H groups in total. The third kappa shape index (κ3) is 5.70. The van der Waals surface area contributed by atoms with Crippen molar-refractivity contribution in [2.45, 2.75) is 5.92 Å². The van der Waals surface area contributed by atoms with Gasteiger partial charge in [-0.3, -0.25) is 9.78 Å². The van der Waals surface area contributed by atoms with Gasteiger partial charge < -0.3 is 15.4 Å². The minimum absolute atomic E-state index is 0. The summed E-state index contributed by atoms with van der Waals surface area (Å²) in [6, 6.07) is 21.2. The van der Waals surface area contributed by atoms with Crippen molar-refractivity contribution in [3.05, 3.63) is 84.7 Å². The first-order valence-electron chi connectivity index (χ1n) is 9.04. The maximum Gasteiger partial charge on any atom is 0.229 e. The van der Waals surface area contributed by atoms with Crippen molar-refractivity contribution < 1.29 is 9.53 Å². The van der Waals surface area contributed by atoms with Crippen molar-refractivity contribution in [1.82, 2.24) is 10.3 Å². The van der Waals surface area contributed by atoms with E-state index < -0.39 is 0 Å². The van der Waals surface area contributed by atoms with Crippen LogP contribution >= 0.6 is 24.8 Å². The molecule has 0 spiro atoms. The number of nitrogens with one attached hydrogen (secondary N) is 2. The molecule has 0 aliphatic carbocycles. The van der Waals surface area contributed by atoms with Crippen LogP contribution in [0.1, 0.15) is 11.5 Å². The van der Waals surface area contributed by atoms with Crippen LogP contribution in [-0.2, 0) is 4.79 Å². The molecule has 2 heterocycles. The Kier molecular flexibility index (Phi) is 8.46. The summed E-state index contributed by atoms with van der Waals surface area (Å²) >= 11 is 0. The van der Waals surface area contributed by atoms with Gasteiger partial charge in [0.2, 0.25) is 5.91 Å². The summed E-state index contributed by atoms with van der Waals surface area (Å²) in [5.74, 6) is 1.52. The number of halogens is 2. The number of ether oxygens (including phenoxy) is 1. The molecule has 1 amide bonds. The number of hydrogen-bond donors (Lipinski definition) is 2. The second-order valence-corrected chi connectivity index (χ2v) is 6.59. The van der Waals surface area contributed by atoms with E-state index >= 15 is 0 Å². The highest BCUT2D eigenvalue weighted by Gasteiger charge is 2.33. The molecule has 1 aromatic heterocycles. The van der Waals surface area contributed by atoms with Crippen LogP contribution in [0.15, 0.2) is 79.1 Å². The molecule has 2 atom stereocenters. The Bertz CT molecular complexity index is 893. The van der Waals surface area contributed by atoms with Crippen LogP contribution in [0.5, 0.6) is 11.5 Å². The Morgan fingerprint density at radius 3 is 2.38 bits per heavy atom. The minimum Gasteiger partial charge on any atom is -0.456 e. The van der Waals surface area contributed by atoms with Gasteiger partial charge in [0.25, 0.3) is 0 Å². The predicted octanol–water partition coefficient (Wildman–Crippen LogP) is 4.66. The first-order valence-corrected chi connectivity index (χ1v) is 9.04. The summed E-state index contributed by atoms with van der Waals surface area (Å²) in [6.45, 7) is 1.51. The summed E-state index contributed by atoms with van der Waals surface area (Å²) in [5.41, 5.74) is 1.96. The highest BCUT2D eigenvalue weighted by Crippen LogP contribution is 2.29. The molecule has 0 bridgehead atoms. The normalized spacial score (nSPS) is 17.5. The first kappa shape index (κ1) is 22.7. The summed E-state index contributed by atoms with van der Waals surface area (Å²) in [6.07, 6.45) is 3.36. The van der Waals surface area contributed by atoms with Crippen LogP contribution < -0.4 is 15.4 Å². The van der Waals surface area contributed by atoms with Gasteiger partial charge in [-0.25, -0.2) is 0 Å². The van der Waals surface area contributed by atoms with Crippen molar-refractivity contribution in [1.29, 1.82) is 0 Å². The second-order valence-electron chi connectivity index (χ2n) is 6.59. The SMILES string of the molecule is Cl.Cl.O=C(Nc1ccc(Oc2cccnc2)cc1)C1CNCC1c1ccccc1. The maximum atomic E-state index is 12.8. The van der Waals surface area contributed by atoms with Gasteiger partial charge in [-0.2, -0.15) is 0 Å². The largest absolute Gasteiger partial charge is 0.456 e. The van der Waals surface area contributed by atoms with Crippen LogP contribution in [0.3, 0.4) is 0 Å². The fourth-order valence-electron chi connectivity index (χ4n) is 3.39. The molecule has 152 valence electrons. The first-order chi connectivity index (χ1) is 13.3. The van der Waals surface area contributed by atoms with Gasteiger partial charge >= 0.3 is 0 Å². The van der Waals surface area contributed by atoms with Gasteiger partial charge in [0, 0.05) is 30.9 Å². The number of benzene rings is 2. The highest BCUT2D eigenvalue weighted by molar-refractivity contribution is 5.93. The zero-order chi connectivity index (χ0) is 18.5. The van der Waals surface area contributed by atoms with Crippen molar-refractivity contribution in [2.24, 2.45) is 5.92 Å². The van der Waals surface area contributed by atoms with E-state index in [2.05, 4.69) is 27.8 Å². The summed E-state index contributed by atoms with van der Waals surface area (Å²) in [5, 5.41) is 6.37. The molecule has 1 saturated heterocycles. The number of hydrogen-bond acceptors (Lipinski definition) is 4. The Hall–Kier alpha value is -2.60. The fourth-order valence-corrected chi connectivity index (χ4v) is 3.39. The topological polar surface area (TPSA) is 63.2 Å². The van der Waals surface area contributed by atoms with Crippen LogP contribution in [0.25, 0.3) is 0 Å². The zero-order valence-corrected chi connectivity index (χ0v) is 17.3. The Morgan fingerprint density at radius 2 is 1.69 bits per heavy atom. The summed E-state index contributed by atoms with van der Waals surface area (Å²) in [4.78, 5) is 16.8. The molecule has 2 aromatic carbocycles. The van der Waals surface area contributed by atoms with E-state index in [0.717, 1.165) is 12.2 Å². The second kappa shape index (κ2) is 10.8. The van der Waals surface area contributed by atoms with E-state index in [4.69, 9.17) is 4.74 Å². The molecule has 1 fully saturated rings. The Morgan fingerprint density at radius 1 is 0.931 bits per heavy atom. The highest BCUT2D eigenvalue weighted by atomic mass is 35.5. The van der Waals surface area contributed by atoms with E-state index in [1.54, 1.807) is 12.4 Å². The summed E-state index contributed by atoms with van der Waals surface area (Å²) < 4.78 is 5.73. The lowest BCUT2D eigenvalue weighted by Gasteiger charge is -2.18. The molecule has 0 radical (unpaired) electrons. The quantitative estimate of drug-likeness (QED) is 0.616. The van der Waals surface area contributed by atoms with Gasteiger partial charge in [0.05, 0.1) is 12.1 Å². The average Bonchev–Trinajstić information content (AvgIpc) is 3.21. The molecular formula is C22H23Cl2N3O2. The third-order valence-corrected chi connectivity index (χ3v) is 4.77. The average molecular weight is 432 g/mol. The molecule has 2 unspecified atom stereocenters. The number of pyridine rings is 1. The van der Waals surface area contributed by atoms with E-state index in [1.165, 1.54) is 5.56 Å². The standard InChI is InChI=1S/C22H21N3O2.2ClH/c26-22(21-15-24-14-20(21)16-5-2-1-3-6-16)25-17-8-10-18(11-9-17)27-19-7-4-12-23-13-19;;/h1-13,20-21,24H,14-15H2,(H,25,26);2*1H. The van der Waals surface area contributed by atoms with Crippen molar-refractivity contribution >= 4 is 36.4 Å². The van der Waals surface area contributed by atoms with Crippen LogP contribution in [0.2, 0.25) is 0 Å². The Balaban J connectivity index is 0.00000150. The number of carbonyl (C=O) groups is 1. The molecule has 0 saturated carbocycles. The zero-order valence-electron chi connectivity index (χ0n) is 15.7. The molecule has 4 rings (SSSR count). The maximum absolute atomic E-state index is 12.8. The molecule has 7 heteroatoms. The van der Waals surface area contributed by atoms with Crippen LogP contribution in [-0.4, -0.2) is 24.0 Å². The lowest BCUT2D eigenvalue weighted by molar-refractivity contribution is -0.119. The minimum atomic E-state index is -0.0845. The van der Waals surface area contributed by atoms with E-state index in [9.17, 15) is 4.79 Å². The lowest BCUT2D eigenvalue weighted by Crippen LogP contribution is -2.28. The predicted molar refractivity (Wildman–Crippen MR) is 119 cm³/mol. The van der Waals surface area contributed by atoms with Gasteiger partial charge in [-0.15, -0.1) is 24.8 Å². The molecular weight excluding hydrogens is 409 g/mol. The third-order valence-electron chi connectivity index (χ3n) is 4.77. The van der Waals surface area contributed by atoms with Gasteiger partial charge in [-0.1, -0.05) is 30.3 Å². The van der Waals surface area contributed by atoms with Gasteiger partial charge in [-0.05, 0) is 42.0 Å². The van der Waals surface area contributed by atoms with Gasteiger partial charge in [0.15, 0.2) is 0 Å². The monoisotopic (exact) mass is 431 g/mol. The molecule has 3 aromatic rings. The molecule has 5 nitrogen and oxygen atoms in total. The number of rotatable bonds is 5. The van der Waals surface area contributed by atoms with Crippen LogP contribution in [0, 0.1) is 5.92 Å². The number of amides is 1. The Labute approximate surface area is 182 Å². The molecule has 29 heavy (non-hydrogen) atoms. The van der Waals surface area contributed by atoms with E-state index in [-0.39, 0.29) is 42.6 Å². The number of carbonyl (C=O) groups excluding carboxylic acids is 1. The van der Waals surface area contributed by atoms with Crippen molar-refractivity contribution in [3.8, 4) is 11.5 Å². The van der Waals surface area contributed by atoms with Gasteiger partial charge in [0.1, 0.15) is 11.5 Å². The van der Waals surface area contributed by atoms with E-state index in [0.29, 0.717) is 18.0 Å². The van der Waals surface area contributed by atoms with Crippen molar-refractivity contribution in [3.63, 3.8) is 0 Å². The number of nitrogens with zero attached hydrogens (tertiary/aromatic N) is 1. The smallest absolute Gasteiger partial charge is 0.229 e. The lowest BCUT2D eigenvalue weighted by atomic mass is 9.88.